The van der Waals surface area contributed by atoms with E-state index in [4.69, 9.17) is 4.74 Å². The number of hydrogen-bond acceptors (Lipinski definition) is 6. The molecule has 0 radical (unpaired) electrons. The van der Waals surface area contributed by atoms with Crippen molar-refractivity contribution in [2.24, 2.45) is 11.8 Å². The number of thioether (sulfide) groups is 1. The van der Waals surface area contributed by atoms with Crippen molar-refractivity contribution < 1.29 is 9.53 Å². The minimum Gasteiger partial charge on any atom is -0.494 e. The van der Waals surface area contributed by atoms with Crippen molar-refractivity contribution in [1.82, 2.24) is 24.6 Å². The number of carbonyl (C=O) groups is 1. The minimum atomic E-state index is 0.120. The first-order valence-electron chi connectivity index (χ1n) is 11.4. The summed E-state index contributed by atoms with van der Waals surface area (Å²) < 4.78 is 7.57. The van der Waals surface area contributed by atoms with Crippen molar-refractivity contribution in [3.8, 4) is 22.8 Å². The van der Waals surface area contributed by atoms with Gasteiger partial charge in [-0.3, -0.25) is 14.3 Å². The van der Waals surface area contributed by atoms with Crippen LogP contribution < -0.4 is 4.74 Å². The number of aromatic nitrogens is 4. The fourth-order valence-electron chi connectivity index (χ4n) is 3.52. The first-order chi connectivity index (χ1) is 15.9. The van der Waals surface area contributed by atoms with E-state index in [2.05, 4.69) is 42.9 Å². The summed E-state index contributed by atoms with van der Waals surface area (Å²) in [6.07, 6.45) is 3.47. The first kappa shape index (κ1) is 24.8. The number of nitrogens with zero attached hydrogens (tertiary/aromatic N) is 5. The number of pyridine rings is 1. The number of amides is 1. The third kappa shape index (κ3) is 6.81. The van der Waals surface area contributed by atoms with Gasteiger partial charge in [0.05, 0.1) is 12.4 Å². The van der Waals surface area contributed by atoms with Crippen LogP contribution in [0, 0.1) is 11.8 Å². The summed E-state index contributed by atoms with van der Waals surface area (Å²) in [5.41, 5.74) is 1.82. The number of ether oxygens (including phenoxy) is 1. The van der Waals surface area contributed by atoms with E-state index < -0.39 is 0 Å². The van der Waals surface area contributed by atoms with Gasteiger partial charge in [0.1, 0.15) is 5.75 Å². The second-order valence-electron chi connectivity index (χ2n) is 8.68. The summed E-state index contributed by atoms with van der Waals surface area (Å²) in [7, 11) is 0. The van der Waals surface area contributed by atoms with Gasteiger partial charge in [0.2, 0.25) is 5.91 Å². The fraction of sp³-hybridized carbons (Fsp3) is 0.440. The maximum absolute atomic E-state index is 13.1. The Morgan fingerprint density at radius 3 is 2.21 bits per heavy atom. The number of hydrogen-bond donors (Lipinski definition) is 0. The predicted molar refractivity (Wildman–Crippen MR) is 133 cm³/mol. The molecule has 1 amide bonds. The molecule has 7 nitrogen and oxygen atoms in total. The van der Waals surface area contributed by atoms with Gasteiger partial charge >= 0.3 is 0 Å². The molecule has 1 aromatic carbocycles. The van der Waals surface area contributed by atoms with Gasteiger partial charge in [0.25, 0.3) is 0 Å². The van der Waals surface area contributed by atoms with Crippen LogP contribution >= 0.6 is 11.8 Å². The van der Waals surface area contributed by atoms with Crippen LogP contribution in [-0.4, -0.2) is 56.0 Å². The maximum Gasteiger partial charge on any atom is 0.233 e. The standard InChI is InChI=1S/C25H33N5O2S/c1-6-32-22-9-7-21(8-10-22)30-24(20-11-13-26-14-12-20)27-28-25(30)33-17-23(31)29(15-18(2)3)16-19(4)5/h7-14,18-19H,6,15-17H2,1-5H3. The summed E-state index contributed by atoms with van der Waals surface area (Å²) in [5, 5.41) is 9.56. The molecule has 0 spiro atoms. The molecule has 0 aliphatic carbocycles. The largest absolute Gasteiger partial charge is 0.494 e. The van der Waals surface area contributed by atoms with Crippen LogP contribution in [0.25, 0.3) is 17.1 Å². The van der Waals surface area contributed by atoms with Crippen LogP contribution in [0.3, 0.4) is 0 Å². The Labute approximate surface area is 200 Å². The van der Waals surface area contributed by atoms with Gasteiger partial charge in [-0.15, -0.1) is 10.2 Å². The molecule has 3 aromatic rings. The lowest BCUT2D eigenvalue weighted by molar-refractivity contribution is -0.129. The van der Waals surface area contributed by atoms with Crippen LogP contribution in [-0.2, 0) is 4.79 Å². The Hall–Kier alpha value is -2.87. The third-order valence-corrected chi connectivity index (χ3v) is 5.74. The van der Waals surface area contributed by atoms with Gasteiger partial charge in [-0.05, 0) is 55.2 Å². The summed E-state index contributed by atoms with van der Waals surface area (Å²) >= 11 is 1.41. The van der Waals surface area contributed by atoms with E-state index in [1.54, 1.807) is 12.4 Å². The Kier molecular flexibility index (Phi) is 8.88. The zero-order valence-electron chi connectivity index (χ0n) is 20.1. The second-order valence-corrected chi connectivity index (χ2v) is 9.62. The molecule has 3 rings (SSSR count). The predicted octanol–water partition coefficient (Wildman–Crippen LogP) is 4.96. The van der Waals surface area contributed by atoms with Crippen molar-refractivity contribution >= 4 is 17.7 Å². The third-order valence-electron chi connectivity index (χ3n) is 4.83. The quantitative estimate of drug-likeness (QED) is 0.371. The highest BCUT2D eigenvalue weighted by atomic mass is 32.2. The zero-order valence-corrected chi connectivity index (χ0v) is 20.9. The lowest BCUT2D eigenvalue weighted by atomic mass is 10.1. The van der Waals surface area contributed by atoms with Gasteiger partial charge in [0, 0.05) is 36.7 Å². The molecule has 176 valence electrons. The van der Waals surface area contributed by atoms with Crippen LogP contribution in [0.15, 0.2) is 53.9 Å². The van der Waals surface area contributed by atoms with E-state index in [9.17, 15) is 4.79 Å². The number of benzene rings is 1. The summed E-state index contributed by atoms with van der Waals surface area (Å²) in [6.45, 7) is 12.6. The summed E-state index contributed by atoms with van der Waals surface area (Å²) in [4.78, 5) is 19.1. The van der Waals surface area contributed by atoms with Gasteiger partial charge in [0.15, 0.2) is 11.0 Å². The molecule has 8 heteroatoms. The van der Waals surface area contributed by atoms with Crippen LogP contribution in [0.4, 0.5) is 0 Å². The molecule has 0 saturated heterocycles. The molecule has 0 aliphatic rings. The lowest BCUT2D eigenvalue weighted by Crippen LogP contribution is -2.38. The van der Waals surface area contributed by atoms with Crippen LogP contribution in [0.5, 0.6) is 5.75 Å². The Balaban J connectivity index is 1.88. The number of rotatable bonds is 11. The van der Waals surface area contributed by atoms with Crippen LogP contribution in [0.1, 0.15) is 34.6 Å². The van der Waals surface area contributed by atoms with E-state index >= 15 is 0 Å². The average molecular weight is 468 g/mol. The van der Waals surface area contributed by atoms with E-state index in [0.29, 0.717) is 35.2 Å². The molecule has 2 heterocycles. The fourth-order valence-corrected chi connectivity index (χ4v) is 4.37. The molecule has 2 aromatic heterocycles. The first-order valence-corrected chi connectivity index (χ1v) is 12.4. The van der Waals surface area contributed by atoms with E-state index in [1.165, 1.54) is 11.8 Å². The highest BCUT2D eigenvalue weighted by Gasteiger charge is 2.20. The lowest BCUT2D eigenvalue weighted by Gasteiger charge is -2.26. The highest BCUT2D eigenvalue weighted by molar-refractivity contribution is 7.99. The SMILES string of the molecule is CCOc1ccc(-n2c(SCC(=O)N(CC(C)C)CC(C)C)nnc2-c2ccncc2)cc1. The van der Waals surface area contributed by atoms with Crippen molar-refractivity contribution in [2.45, 2.75) is 39.8 Å². The topological polar surface area (TPSA) is 73.1 Å². The molecule has 0 saturated carbocycles. The zero-order chi connectivity index (χ0) is 23.8. The molecule has 0 fully saturated rings. The Morgan fingerprint density at radius 1 is 1.00 bits per heavy atom. The van der Waals surface area contributed by atoms with E-state index in [-0.39, 0.29) is 5.91 Å². The monoisotopic (exact) mass is 467 g/mol. The second kappa shape index (κ2) is 11.8. The molecular formula is C25H33N5O2S. The van der Waals surface area contributed by atoms with E-state index in [1.807, 2.05) is 52.8 Å². The van der Waals surface area contributed by atoms with Crippen molar-refractivity contribution in [3.63, 3.8) is 0 Å². The van der Waals surface area contributed by atoms with Gasteiger partial charge in [-0.25, -0.2) is 0 Å². The number of carbonyl (C=O) groups excluding carboxylic acids is 1. The van der Waals surface area contributed by atoms with E-state index in [0.717, 1.165) is 30.1 Å². The molecule has 0 atom stereocenters. The summed E-state index contributed by atoms with van der Waals surface area (Å²) in [6, 6.07) is 11.6. The highest BCUT2D eigenvalue weighted by Crippen LogP contribution is 2.29. The molecule has 33 heavy (non-hydrogen) atoms. The smallest absolute Gasteiger partial charge is 0.233 e. The van der Waals surface area contributed by atoms with Gasteiger partial charge < -0.3 is 9.64 Å². The van der Waals surface area contributed by atoms with Gasteiger partial charge in [-0.2, -0.15) is 0 Å². The Bertz CT molecular complexity index is 1010. The van der Waals surface area contributed by atoms with Gasteiger partial charge in [-0.1, -0.05) is 39.5 Å². The average Bonchev–Trinajstić information content (AvgIpc) is 3.21. The van der Waals surface area contributed by atoms with Crippen molar-refractivity contribution in [1.29, 1.82) is 0 Å². The van der Waals surface area contributed by atoms with Crippen LogP contribution in [0.2, 0.25) is 0 Å². The van der Waals surface area contributed by atoms with Crippen molar-refractivity contribution in [2.75, 3.05) is 25.4 Å². The molecule has 0 aliphatic heterocycles. The van der Waals surface area contributed by atoms with Crippen molar-refractivity contribution in [3.05, 3.63) is 48.8 Å². The molecular weight excluding hydrogens is 434 g/mol. The molecule has 0 unspecified atom stereocenters. The Morgan fingerprint density at radius 2 is 1.64 bits per heavy atom. The molecule has 0 N–H and O–H groups in total. The normalized spacial score (nSPS) is 11.2. The summed E-state index contributed by atoms with van der Waals surface area (Å²) in [5.74, 6) is 2.78. The molecule has 0 bridgehead atoms. The maximum atomic E-state index is 13.1. The minimum absolute atomic E-state index is 0.120.